The maximum Gasteiger partial charge on any atom is 0.294 e. The highest BCUT2D eigenvalue weighted by Gasteiger charge is 2.15. The SMILES string of the molecule is CCCCCCCc1ccccc1Oc1cc(S(=O)(=O)O)ccc1O. The van der Waals surface area contributed by atoms with Gasteiger partial charge in [-0.25, -0.2) is 0 Å². The van der Waals surface area contributed by atoms with Gasteiger partial charge in [-0.05, 0) is 36.6 Å². The van der Waals surface area contributed by atoms with Crippen LogP contribution >= 0.6 is 0 Å². The Balaban J connectivity index is 2.15. The van der Waals surface area contributed by atoms with Crippen molar-refractivity contribution in [2.75, 3.05) is 0 Å². The van der Waals surface area contributed by atoms with Crippen molar-refractivity contribution in [1.29, 1.82) is 0 Å². The first-order chi connectivity index (χ1) is 11.9. The Labute approximate surface area is 149 Å². The fourth-order valence-electron chi connectivity index (χ4n) is 2.58. The third-order valence-corrected chi connectivity index (χ3v) is 4.82. The molecule has 6 heteroatoms. The molecule has 0 fully saturated rings. The third kappa shape index (κ3) is 5.76. The molecule has 0 atom stereocenters. The Hall–Kier alpha value is -2.05. The second kappa shape index (κ2) is 8.87. The Morgan fingerprint density at radius 3 is 2.40 bits per heavy atom. The van der Waals surface area contributed by atoms with Crippen LogP contribution in [0.4, 0.5) is 0 Å². The van der Waals surface area contributed by atoms with E-state index in [1.54, 1.807) is 6.07 Å². The van der Waals surface area contributed by atoms with Crippen LogP contribution in [0.3, 0.4) is 0 Å². The molecule has 0 saturated carbocycles. The zero-order valence-corrected chi connectivity index (χ0v) is 15.1. The Morgan fingerprint density at radius 2 is 1.68 bits per heavy atom. The molecular formula is C19H24O5S. The molecule has 25 heavy (non-hydrogen) atoms. The highest BCUT2D eigenvalue weighted by Crippen LogP contribution is 2.34. The number of phenols is 1. The molecule has 0 aromatic heterocycles. The van der Waals surface area contributed by atoms with E-state index in [-0.39, 0.29) is 16.4 Å². The van der Waals surface area contributed by atoms with Crippen molar-refractivity contribution in [3.05, 3.63) is 48.0 Å². The maximum atomic E-state index is 11.3. The van der Waals surface area contributed by atoms with Crippen molar-refractivity contribution >= 4 is 10.1 Å². The van der Waals surface area contributed by atoms with Gasteiger partial charge in [-0.15, -0.1) is 0 Å². The maximum absolute atomic E-state index is 11.3. The van der Waals surface area contributed by atoms with Crippen molar-refractivity contribution in [3.8, 4) is 17.2 Å². The fourth-order valence-corrected chi connectivity index (χ4v) is 3.08. The molecule has 2 rings (SSSR count). The number of hydrogen-bond donors (Lipinski definition) is 2. The standard InChI is InChI=1S/C19H24O5S/c1-2-3-4-5-6-9-15-10-7-8-11-18(15)24-19-14-16(25(21,22)23)12-13-17(19)20/h7-8,10-14,20H,2-6,9H2,1H3,(H,21,22,23). The molecule has 0 heterocycles. The van der Waals surface area contributed by atoms with Crippen LogP contribution in [0.2, 0.25) is 0 Å². The van der Waals surface area contributed by atoms with Gasteiger partial charge in [0.05, 0.1) is 4.90 Å². The van der Waals surface area contributed by atoms with Gasteiger partial charge in [-0.3, -0.25) is 4.55 Å². The number of unbranched alkanes of at least 4 members (excludes halogenated alkanes) is 4. The van der Waals surface area contributed by atoms with Crippen molar-refractivity contribution in [3.63, 3.8) is 0 Å². The Bertz CT molecular complexity index is 799. The number of aromatic hydroxyl groups is 1. The minimum absolute atomic E-state index is 0.00596. The number of aryl methyl sites for hydroxylation is 1. The first-order valence-electron chi connectivity index (χ1n) is 8.48. The molecule has 0 saturated heterocycles. The normalized spacial score (nSPS) is 11.4. The van der Waals surface area contributed by atoms with Gasteiger partial charge < -0.3 is 9.84 Å². The molecule has 0 aliphatic heterocycles. The van der Waals surface area contributed by atoms with E-state index in [4.69, 9.17) is 9.29 Å². The van der Waals surface area contributed by atoms with Crippen LogP contribution < -0.4 is 4.74 Å². The lowest BCUT2D eigenvalue weighted by Crippen LogP contribution is -1.99. The molecule has 5 nitrogen and oxygen atoms in total. The van der Waals surface area contributed by atoms with Gasteiger partial charge in [0, 0.05) is 6.07 Å². The minimum Gasteiger partial charge on any atom is -0.504 e. The van der Waals surface area contributed by atoms with Gasteiger partial charge >= 0.3 is 0 Å². The number of para-hydroxylation sites is 1. The van der Waals surface area contributed by atoms with Crippen LogP contribution in [0, 0.1) is 0 Å². The van der Waals surface area contributed by atoms with Gasteiger partial charge in [0.15, 0.2) is 11.5 Å². The lowest BCUT2D eigenvalue weighted by molar-refractivity contribution is 0.406. The van der Waals surface area contributed by atoms with Gasteiger partial charge in [-0.2, -0.15) is 8.42 Å². The van der Waals surface area contributed by atoms with E-state index >= 15 is 0 Å². The molecule has 2 N–H and O–H groups in total. The van der Waals surface area contributed by atoms with Gasteiger partial charge in [0.25, 0.3) is 10.1 Å². The summed E-state index contributed by atoms with van der Waals surface area (Å²) < 4.78 is 37.4. The first kappa shape index (κ1) is 19.3. The van der Waals surface area contributed by atoms with E-state index in [1.807, 2.05) is 18.2 Å². The molecule has 0 unspecified atom stereocenters. The average Bonchev–Trinajstić information content (AvgIpc) is 2.57. The number of rotatable bonds is 9. The van der Waals surface area contributed by atoms with E-state index in [1.165, 1.54) is 25.3 Å². The van der Waals surface area contributed by atoms with E-state index in [0.29, 0.717) is 5.75 Å². The summed E-state index contributed by atoms with van der Waals surface area (Å²) in [5, 5.41) is 9.92. The number of ether oxygens (including phenoxy) is 1. The smallest absolute Gasteiger partial charge is 0.294 e. The van der Waals surface area contributed by atoms with E-state index in [9.17, 15) is 13.5 Å². The lowest BCUT2D eigenvalue weighted by Gasteiger charge is -2.13. The van der Waals surface area contributed by atoms with Crippen molar-refractivity contribution < 1.29 is 22.8 Å². The van der Waals surface area contributed by atoms with Gasteiger partial charge in [0.2, 0.25) is 0 Å². The first-order valence-corrected chi connectivity index (χ1v) is 9.92. The summed E-state index contributed by atoms with van der Waals surface area (Å²) in [6.07, 6.45) is 6.66. The van der Waals surface area contributed by atoms with Crippen LogP contribution in [0.15, 0.2) is 47.4 Å². The summed E-state index contributed by atoms with van der Waals surface area (Å²) in [6.45, 7) is 2.18. The highest BCUT2D eigenvalue weighted by atomic mass is 32.2. The summed E-state index contributed by atoms with van der Waals surface area (Å²) in [5.41, 5.74) is 0.996. The minimum atomic E-state index is -4.36. The molecule has 0 spiro atoms. The summed E-state index contributed by atoms with van der Waals surface area (Å²) in [5.74, 6) is 0.375. The van der Waals surface area contributed by atoms with Gasteiger partial charge in [-0.1, -0.05) is 50.8 Å². The third-order valence-electron chi connectivity index (χ3n) is 3.97. The quantitative estimate of drug-likeness (QED) is 0.486. The fraction of sp³-hybridized carbons (Fsp3) is 0.368. The highest BCUT2D eigenvalue weighted by molar-refractivity contribution is 7.85. The average molecular weight is 364 g/mol. The predicted molar refractivity (Wildman–Crippen MR) is 96.9 cm³/mol. The van der Waals surface area contributed by atoms with E-state index in [2.05, 4.69) is 6.92 Å². The summed E-state index contributed by atoms with van der Waals surface area (Å²) in [6, 6.07) is 10.9. The van der Waals surface area contributed by atoms with Crippen molar-refractivity contribution in [2.24, 2.45) is 0 Å². The van der Waals surface area contributed by atoms with E-state index < -0.39 is 10.1 Å². The summed E-state index contributed by atoms with van der Waals surface area (Å²) in [7, 11) is -4.36. The largest absolute Gasteiger partial charge is 0.504 e. The molecule has 0 aliphatic carbocycles. The molecule has 136 valence electrons. The number of benzene rings is 2. The zero-order valence-electron chi connectivity index (χ0n) is 14.3. The van der Waals surface area contributed by atoms with Crippen LogP contribution in [0.5, 0.6) is 17.2 Å². The molecule has 2 aromatic carbocycles. The van der Waals surface area contributed by atoms with Crippen LogP contribution in [-0.2, 0) is 16.5 Å². The second-order valence-electron chi connectivity index (χ2n) is 5.98. The number of hydrogen-bond acceptors (Lipinski definition) is 4. The molecule has 2 aromatic rings. The summed E-state index contributed by atoms with van der Waals surface area (Å²) in [4.78, 5) is -0.322. The van der Waals surface area contributed by atoms with Crippen LogP contribution in [-0.4, -0.2) is 18.1 Å². The molecular weight excluding hydrogens is 340 g/mol. The van der Waals surface area contributed by atoms with Crippen LogP contribution in [0.1, 0.15) is 44.6 Å². The molecule has 0 amide bonds. The topological polar surface area (TPSA) is 83.8 Å². The van der Waals surface area contributed by atoms with Gasteiger partial charge in [0.1, 0.15) is 5.75 Å². The predicted octanol–water partition coefficient (Wildman–Crippen LogP) is 4.94. The summed E-state index contributed by atoms with van der Waals surface area (Å²) >= 11 is 0. The van der Waals surface area contributed by atoms with Crippen LogP contribution in [0.25, 0.3) is 0 Å². The molecule has 0 bridgehead atoms. The van der Waals surface area contributed by atoms with Crippen molar-refractivity contribution in [2.45, 2.75) is 50.3 Å². The second-order valence-corrected chi connectivity index (χ2v) is 7.40. The molecule has 0 aliphatic rings. The Morgan fingerprint density at radius 1 is 0.960 bits per heavy atom. The Kier molecular flexibility index (Phi) is 6.84. The zero-order chi connectivity index (χ0) is 18.3. The van der Waals surface area contributed by atoms with E-state index in [0.717, 1.165) is 37.0 Å². The number of phenolic OH excluding ortho intramolecular Hbond substituents is 1. The van der Waals surface area contributed by atoms with Crippen molar-refractivity contribution in [1.82, 2.24) is 0 Å². The monoisotopic (exact) mass is 364 g/mol. The lowest BCUT2D eigenvalue weighted by atomic mass is 10.0. The molecule has 0 radical (unpaired) electrons.